The van der Waals surface area contributed by atoms with Gasteiger partial charge in [-0.2, -0.15) is 0 Å². The molecule has 1 amide bonds. The number of carbonyl (C=O) groups is 2. The molecule has 170 valence electrons. The zero-order valence-corrected chi connectivity index (χ0v) is 18.1. The minimum absolute atomic E-state index is 0.133. The summed E-state index contributed by atoms with van der Waals surface area (Å²) < 4.78 is 28.6. The van der Waals surface area contributed by atoms with Crippen molar-refractivity contribution in [1.29, 1.82) is 0 Å². The molecule has 32 heavy (non-hydrogen) atoms. The SMILES string of the molecule is CC(=O)NC1c2c3cccc2C(=O)c2cccc(c21)OCCOCCOCCOCCO3. The van der Waals surface area contributed by atoms with Crippen molar-refractivity contribution in [3.63, 3.8) is 0 Å². The smallest absolute Gasteiger partial charge is 0.217 e. The van der Waals surface area contributed by atoms with E-state index in [1.54, 1.807) is 36.4 Å². The van der Waals surface area contributed by atoms with E-state index in [1.807, 2.05) is 0 Å². The fourth-order valence-electron chi connectivity index (χ4n) is 3.93. The Morgan fingerprint density at radius 2 is 1.19 bits per heavy atom. The summed E-state index contributed by atoms with van der Waals surface area (Å²) in [6.45, 7) is 4.61. The Balaban J connectivity index is 1.74. The van der Waals surface area contributed by atoms with Crippen LogP contribution in [0.3, 0.4) is 0 Å². The molecular weight excluding hydrogens is 414 g/mol. The van der Waals surface area contributed by atoms with Gasteiger partial charge in [-0.3, -0.25) is 9.59 Å². The molecule has 1 aliphatic carbocycles. The predicted octanol–water partition coefficient (Wildman–Crippen LogP) is 2.28. The molecule has 0 spiro atoms. The molecule has 8 nitrogen and oxygen atoms in total. The van der Waals surface area contributed by atoms with Crippen LogP contribution in [0.1, 0.15) is 40.0 Å². The first-order valence-corrected chi connectivity index (χ1v) is 10.7. The number of nitrogens with one attached hydrogen (secondary N) is 1. The van der Waals surface area contributed by atoms with Crippen molar-refractivity contribution in [3.8, 4) is 11.5 Å². The van der Waals surface area contributed by atoms with E-state index in [-0.39, 0.29) is 11.7 Å². The first kappa shape index (κ1) is 22.3. The number of ether oxygens (including phenoxy) is 5. The Kier molecular flexibility index (Phi) is 7.36. The van der Waals surface area contributed by atoms with Gasteiger partial charge in [-0.1, -0.05) is 24.3 Å². The average molecular weight is 441 g/mol. The highest BCUT2D eigenvalue weighted by Crippen LogP contribution is 2.44. The number of amides is 1. The lowest BCUT2D eigenvalue weighted by atomic mass is 9.80. The quantitative estimate of drug-likeness (QED) is 0.726. The third-order valence-corrected chi connectivity index (χ3v) is 5.26. The maximum absolute atomic E-state index is 13.4. The van der Waals surface area contributed by atoms with Crippen molar-refractivity contribution in [3.05, 3.63) is 58.7 Å². The number of hydrogen-bond donors (Lipinski definition) is 1. The zero-order valence-electron chi connectivity index (χ0n) is 18.1. The van der Waals surface area contributed by atoms with Gasteiger partial charge in [0.25, 0.3) is 0 Å². The predicted molar refractivity (Wildman–Crippen MR) is 115 cm³/mol. The lowest BCUT2D eigenvalue weighted by Gasteiger charge is -2.31. The Morgan fingerprint density at radius 1 is 0.750 bits per heavy atom. The highest BCUT2D eigenvalue weighted by Gasteiger charge is 2.36. The van der Waals surface area contributed by atoms with Gasteiger partial charge in [0.05, 0.1) is 45.7 Å². The van der Waals surface area contributed by atoms with Gasteiger partial charge in [-0.15, -0.1) is 0 Å². The zero-order chi connectivity index (χ0) is 22.3. The topological polar surface area (TPSA) is 92.3 Å². The number of benzene rings is 2. The van der Waals surface area contributed by atoms with Gasteiger partial charge in [-0.25, -0.2) is 0 Å². The molecule has 0 fully saturated rings. The Labute approximate surface area is 186 Å². The molecule has 0 aromatic heterocycles. The third-order valence-electron chi connectivity index (χ3n) is 5.26. The Bertz CT molecular complexity index is 907. The third kappa shape index (κ3) is 4.93. The number of ketones is 1. The van der Waals surface area contributed by atoms with Gasteiger partial charge in [0.2, 0.25) is 5.91 Å². The van der Waals surface area contributed by atoms with Crippen LogP contribution in [0.15, 0.2) is 36.4 Å². The lowest BCUT2D eigenvalue weighted by Crippen LogP contribution is -2.33. The van der Waals surface area contributed by atoms with Crippen LogP contribution in [0.2, 0.25) is 0 Å². The van der Waals surface area contributed by atoms with E-state index in [9.17, 15) is 9.59 Å². The molecule has 1 N–H and O–H groups in total. The van der Waals surface area contributed by atoms with Gasteiger partial charge >= 0.3 is 0 Å². The second kappa shape index (κ2) is 10.6. The van der Waals surface area contributed by atoms with Crippen LogP contribution in [0.5, 0.6) is 11.5 Å². The van der Waals surface area contributed by atoms with Gasteiger partial charge in [0.1, 0.15) is 24.7 Å². The van der Waals surface area contributed by atoms with Crippen molar-refractivity contribution >= 4 is 11.7 Å². The summed E-state index contributed by atoms with van der Waals surface area (Å²) in [4.78, 5) is 25.5. The molecule has 0 radical (unpaired) electrons. The summed E-state index contributed by atoms with van der Waals surface area (Å²) in [6.07, 6.45) is 0. The van der Waals surface area contributed by atoms with Crippen molar-refractivity contribution < 1.29 is 33.3 Å². The second-order valence-corrected chi connectivity index (χ2v) is 7.43. The molecular formula is C24H27NO7. The first-order chi connectivity index (χ1) is 15.7. The molecule has 0 saturated carbocycles. The van der Waals surface area contributed by atoms with E-state index in [2.05, 4.69) is 5.32 Å². The fourth-order valence-corrected chi connectivity index (χ4v) is 3.93. The van der Waals surface area contributed by atoms with Gasteiger partial charge < -0.3 is 29.0 Å². The molecule has 0 saturated heterocycles. The minimum Gasteiger partial charge on any atom is -0.491 e. The van der Waals surface area contributed by atoms with Crippen LogP contribution in [-0.2, 0) is 19.0 Å². The molecule has 4 rings (SSSR count). The average Bonchev–Trinajstić information content (AvgIpc) is 2.78. The molecule has 0 atom stereocenters. The summed E-state index contributed by atoms with van der Waals surface area (Å²) in [5.41, 5.74) is 2.24. The van der Waals surface area contributed by atoms with E-state index in [1.165, 1.54) is 6.92 Å². The van der Waals surface area contributed by atoms with E-state index in [0.717, 1.165) is 0 Å². The molecule has 2 aromatic carbocycles. The Morgan fingerprint density at radius 3 is 1.62 bits per heavy atom. The molecule has 1 heterocycles. The number of rotatable bonds is 1. The molecule has 1 aliphatic heterocycles. The maximum atomic E-state index is 13.4. The second-order valence-electron chi connectivity index (χ2n) is 7.43. The maximum Gasteiger partial charge on any atom is 0.217 e. The monoisotopic (exact) mass is 441 g/mol. The number of carbonyl (C=O) groups excluding carboxylic acids is 2. The van der Waals surface area contributed by atoms with Crippen LogP contribution >= 0.6 is 0 Å². The lowest BCUT2D eigenvalue weighted by molar-refractivity contribution is -0.119. The van der Waals surface area contributed by atoms with E-state index < -0.39 is 6.04 Å². The highest BCUT2D eigenvalue weighted by molar-refractivity contribution is 6.13. The normalized spacial score (nSPS) is 18.0. The Hall–Kier alpha value is -2.94. The molecule has 2 aliphatic rings. The summed E-state index contributed by atoms with van der Waals surface area (Å²) in [5.74, 6) is 0.699. The van der Waals surface area contributed by atoms with Crippen molar-refractivity contribution in [2.24, 2.45) is 0 Å². The minimum atomic E-state index is -0.586. The van der Waals surface area contributed by atoms with E-state index >= 15 is 0 Å². The summed E-state index contributed by atoms with van der Waals surface area (Å²) in [6, 6.07) is 10.1. The number of hydrogen-bond acceptors (Lipinski definition) is 7. The summed E-state index contributed by atoms with van der Waals surface area (Å²) in [7, 11) is 0. The van der Waals surface area contributed by atoms with Crippen LogP contribution < -0.4 is 14.8 Å². The van der Waals surface area contributed by atoms with Crippen molar-refractivity contribution in [2.45, 2.75) is 13.0 Å². The van der Waals surface area contributed by atoms with Crippen LogP contribution in [0.25, 0.3) is 0 Å². The van der Waals surface area contributed by atoms with Crippen LogP contribution in [0, 0.1) is 0 Å². The highest BCUT2D eigenvalue weighted by atomic mass is 16.6. The summed E-state index contributed by atoms with van der Waals surface area (Å²) >= 11 is 0. The standard InChI is InChI=1S/C24H27NO7/c1-16(26)25-23-21-17-4-2-6-19(21)31-14-12-29-10-8-28-9-11-30-13-15-32-20-7-3-5-18(22(20)23)24(17)27/h2-7,23H,8-15H2,1H3,(H,25,26). The molecule has 0 unspecified atom stereocenters. The van der Waals surface area contributed by atoms with Crippen molar-refractivity contribution in [2.75, 3.05) is 52.9 Å². The van der Waals surface area contributed by atoms with Gasteiger partial charge in [-0.05, 0) is 12.1 Å². The van der Waals surface area contributed by atoms with Crippen LogP contribution in [-0.4, -0.2) is 64.5 Å². The van der Waals surface area contributed by atoms with Gasteiger partial charge in [0.15, 0.2) is 5.78 Å². The fraction of sp³-hybridized carbons (Fsp3) is 0.417. The molecule has 2 bridgehead atoms. The van der Waals surface area contributed by atoms with Crippen molar-refractivity contribution in [1.82, 2.24) is 5.32 Å². The van der Waals surface area contributed by atoms with E-state index in [0.29, 0.717) is 86.6 Å². The first-order valence-electron chi connectivity index (χ1n) is 10.7. The van der Waals surface area contributed by atoms with Gasteiger partial charge in [0, 0.05) is 29.2 Å². The largest absolute Gasteiger partial charge is 0.491 e. The van der Waals surface area contributed by atoms with E-state index in [4.69, 9.17) is 23.7 Å². The summed E-state index contributed by atoms with van der Waals surface area (Å²) in [5, 5.41) is 2.99. The molecule has 8 heteroatoms. The molecule has 2 aromatic rings. The van der Waals surface area contributed by atoms with Crippen LogP contribution in [0.4, 0.5) is 0 Å².